The first-order valence-corrected chi connectivity index (χ1v) is 5.51. The quantitative estimate of drug-likeness (QED) is 0.695. The topological polar surface area (TPSA) is 9.23 Å². The van der Waals surface area contributed by atoms with Gasteiger partial charge in [0.15, 0.2) is 0 Å². The van der Waals surface area contributed by atoms with Gasteiger partial charge in [0.05, 0.1) is 6.61 Å². The Balaban J connectivity index is 2.30. The van der Waals surface area contributed by atoms with Gasteiger partial charge in [0, 0.05) is 0 Å². The molecule has 0 fully saturated rings. The molecule has 0 saturated carbocycles. The standard InChI is InChI=1S/C13H18O/c1-10(2)9-12-6-3-5-11-7-4-8-14-13(11)12/h3,5-6,10H,4,7-9H2,1-2H3. The Morgan fingerprint density at radius 1 is 1.36 bits per heavy atom. The first-order chi connectivity index (χ1) is 6.77. The number of ether oxygens (including phenoxy) is 1. The summed E-state index contributed by atoms with van der Waals surface area (Å²) in [5.74, 6) is 1.87. The molecular formula is C13H18O. The normalized spacial score (nSPS) is 15.1. The Labute approximate surface area is 86.1 Å². The molecule has 0 atom stereocenters. The van der Waals surface area contributed by atoms with E-state index in [9.17, 15) is 0 Å². The maximum absolute atomic E-state index is 5.76. The lowest BCUT2D eigenvalue weighted by Gasteiger charge is -2.21. The van der Waals surface area contributed by atoms with E-state index in [1.165, 1.54) is 23.3 Å². The number of fused-ring (bicyclic) bond motifs is 1. The minimum atomic E-state index is 0.701. The van der Waals surface area contributed by atoms with Gasteiger partial charge in [0.1, 0.15) is 5.75 Å². The summed E-state index contributed by atoms with van der Waals surface area (Å²) in [4.78, 5) is 0. The van der Waals surface area contributed by atoms with Gasteiger partial charge in [-0.3, -0.25) is 0 Å². The van der Waals surface area contributed by atoms with Gasteiger partial charge < -0.3 is 4.74 Å². The predicted octanol–water partition coefficient (Wildman–Crippen LogP) is 3.21. The third kappa shape index (κ3) is 1.92. The molecule has 1 aromatic carbocycles. The van der Waals surface area contributed by atoms with Crippen LogP contribution in [-0.2, 0) is 12.8 Å². The van der Waals surface area contributed by atoms with E-state index < -0.39 is 0 Å². The summed E-state index contributed by atoms with van der Waals surface area (Å²) in [5.41, 5.74) is 2.78. The molecule has 1 aromatic rings. The monoisotopic (exact) mass is 190 g/mol. The van der Waals surface area contributed by atoms with Crippen molar-refractivity contribution in [2.24, 2.45) is 5.92 Å². The number of para-hydroxylation sites is 1. The molecule has 0 aromatic heterocycles. The van der Waals surface area contributed by atoms with E-state index >= 15 is 0 Å². The van der Waals surface area contributed by atoms with E-state index in [-0.39, 0.29) is 0 Å². The molecule has 0 spiro atoms. The summed E-state index contributed by atoms with van der Waals surface area (Å²) in [7, 11) is 0. The first-order valence-electron chi connectivity index (χ1n) is 5.51. The average Bonchev–Trinajstić information content (AvgIpc) is 2.18. The predicted molar refractivity (Wildman–Crippen MR) is 58.8 cm³/mol. The number of benzene rings is 1. The number of aryl methyl sites for hydroxylation is 1. The molecule has 0 amide bonds. The second-order valence-corrected chi connectivity index (χ2v) is 4.46. The Morgan fingerprint density at radius 2 is 2.21 bits per heavy atom. The van der Waals surface area contributed by atoms with Gasteiger partial charge in [0.25, 0.3) is 0 Å². The molecule has 0 aliphatic carbocycles. The molecule has 0 saturated heterocycles. The third-order valence-electron chi connectivity index (χ3n) is 2.64. The number of rotatable bonds is 2. The van der Waals surface area contributed by atoms with Crippen LogP contribution in [-0.4, -0.2) is 6.61 Å². The Bertz CT molecular complexity index is 315. The van der Waals surface area contributed by atoms with E-state index in [0.29, 0.717) is 5.92 Å². The minimum Gasteiger partial charge on any atom is -0.493 e. The van der Waals surface area contributed by atoms with E-state index in [4.69, 9.17) is 4.74 Å². The fourth-order valence-corrected chi connectivity index (χ4v) is 2.06. The van der Waals surface area contributed by atoms with Crippen LogP contribution >= 0.6 is 0 Å². The first kappa shape index (κ1) is 9.57. The molecule has 0 radical (unpaired) electrons. The molecule has 2 rings (SSSR count). The van der Waals surface area contributed by atoms with Crippen LogP contribution in [0, 0.1) is 5.92 Å². The highest BCUT2D eigenvalue weighted by Crippen LogP contribution is 2.30. The number of hydrogen-bond donors (Lipinski definition) is 0. The van der Waals surface area contributed by atoms with Crippen molar-refractivity contribution in [1.82, 2.24) is 0 Å². The minimum absolute atomic E-state index is 0.701. The highest BCUT2D eigenvalue weighted by Gasteiger charge is 2.14. The van der Waals surface area contributed by atoms with E-state index in [1.54, 1.807) is 0 Å². The van der Waals surface area contributed by atoms with Crippen molar-refractivity contribution in [2.75, 3.05) is 6.61 Å². The van der Waals surface area contributed by atoms with Crippen molar-refractivity contribution >= 4 is 0 Å². The van der Waals surface area contributed by atoms with Crippen molar-refractivity contribution < 1.29 is 4.74 Å². The maximum atomic E-state index is 5.76. The van der Waals surface area contributed by atoms with Crippen LogP contribution in [0.2, 0.25) is 0 Å². The molecule has 1 heteroatoms. The van der Waals surface area contributed by atoms with E-state index in [0.717, 1.165) is 19.4 Å². The van der Waals surface area contributed by atoms with Crippen LogP contribution < -0.4 is 4.74 Å². The Kier molecular flexibility index (Phi) is 2.76. The zero-order valence-corrected chi connectivity index (χ0v) is 9.05. The van der Waals surface area contributed by atoms with Gasteiger partial charge in [0.2, 0.25) is 0 Å². The average molecular weight is 190 g/mol. The maximum Gasteiger partial charge on any atom is 0.125 e. The lowest BCUT2D eigenvalue weighted by molar-refractivity contribution is 0.284. The SMILES string of the molecule is CC(C)Cc1cccc2c1OCCC2. The largest absolute Gasteiger partial charge is 0.493 e. The molecule has 0 N–H and O–H groups in total. The fraction of sp³-hybridized carbons (Fsp3) is 0.538. The van der Waals surface area contributed by atoms with Crippen molar-refractivity contribution in [3.8, 4) is 5.75 Å². The molecule has 1 heterocycles. The van der Waals surface area contributed by atoms with E-state index in [2.05, 4.69) is 32.0 Å². The second kappa shape index (κ2) is 4.04. The zero-order chi connectivity index (χ0) is 9.97. The van der Waals surface area contributed by atoms with Crippen LogP contribution in [0.5, 0.6) is 5.75 Å². The molecule has 0 bridgehead atoms. The van der Waals surface area contributed by atoms with Gasteiger partial charge >= 0.3 is 0 Å². The van der Waals surface area contributed by atoms with Crippen molar-refractivity contribution in [3.63, 3.8) is 0 Å². The zero-order valence-electron chi connectivity index (χ0n) is 9.05. The van der Waals surface area contributed by atoms with Gasteiger partial charge in [-0.2, -0.15) is 0 Å². The fourth-order valence-electron chi connectivity index (χ4n) is 2.06. The van der Waals surface area contributed by atoms with Crippen LogP contribution in [0.25, 0.3) is 0 Å². The van der Waals surface area contributed by atoms with Crippen molar-refractivity contribution in [3.05, 3.63) is 29.3 Å². The summed E-state index contributed by atoms with van der Waals surface area (Å²) < 4.78 is 5.76. The highest BCUT2D eigenvalue weighted by molar-refractivity contribution is 5.42. The van der Waals surface area contributed by atoms with Crippen LogP contribution in [0.3, 0.4) is 0 Å². The lowest BCUT2D eigenvalue weighted by Crippen LogP contribution is -2.11. The van der Waals surface area contributed by atoms with Gasteiger partial charge in [-0.05, 0) is 36.3 Å². The van der Waals surface area contributed by atoms with Crippen molar-refractivity contribution in [1.29, 1.82) is 0 Å². The summed E-state index contributed by atoms with van der Waals surface area (Å²) in [6, 6.07) is 6.55. The summed E-state index contributed by atoms with van der Waals surface area (Å²) >= 11 is 0. The lowest BCUT2D eigenvalue weighted by atomic mass is 9.97. The molecule has 1 aliphatic heterocycles. The van der Waals surface area contributed by atoms with Crippen LogP contribution in [0.15, 0.2) is 18.2 Å². The van der Waals surface area contributed by atoms with Crippen LogP contribution in [0.1, 0.15) is 31.4 Å². The molecule has 1 aliphatic rings. The second-order valence-electron chi connectivity index (χ2n) is 4.46. The number of hydrogen-bond acceptors (Lipinski definition) is 1. The van der Waals surface area contributed by atoms with Crippen molar-refractivity contribution in [2.45, 2.75) is 33.1 Å². The molecule has 0 unspecified atom stereocenters. The van der Waals surface area contributed by atoms with Gasteiger partial charge in [-0.1, -0.05) is 32.0 Å². The molecule has 14 heavy (non-hydrogen) atoms. The molecule has 76 valence electrons. The summed E-state index contributed by atoms with van der Waals surface area (Å²) in [5, 5.41) is 0. The Morgan fingerprint density at radius 3 is 3.00 bits per heavy atom. The van der Waals surface area contributed by atoms with E-state index in [1.807, 2.05) is 0 Å². The molecule has 1 nitrogen and oxygen atoms in total. The summed E-state index contributed by atoms with van der Waals surface area (Å²) in [6.07, 6.45) is 3.47. The van der Waals surface area contributed by atoms with Gasteiger partial charge in [-0.15, -0.1) is 0 Å². The van der Waals surface area contributed by atoms with Gasteiger partial charge in [-0.25, -0.2) is 0 Å². The third-order valence-corrected chi connectivity index (χ3v) is 2.64. The Hall–Kier alpha value is -0.980. The smallest absolute Gasteiger partial charge is 0.125 e. The van der Waals surface area contributed by atoms with Crippen LogP contribution in [0.4, 0.5) is 0 Å². The highest BCUT2D eigenvalue weighted by atomic mass is 16.5. The summed E-state index contributed by atoms with van der Waals surface area (Å²) in [6.45, 7) is 5.40. The molecular weight excluding hydrogens is 172 g/mol.